The Kier molecular flexibility index (Phi) is 3.69. The molecule has 4 nitrogen and oxygen atoms in total. The van der Waals surface area contributed by atoms with Gasteiger partial charge in [-0.15, -0.1) is 0 Å². The van der Waals surface area contributed by atoms with E-state index in [1.165, 1.54) is 0 Å². The van der Waals surface area contributed by atoms with Gasteiger partial charge < -0.3 is 14.5 Å². The number of amides is 1. The molecule has 1 amide bonds. The number of methoxy groups -OCH3 is 1. The molecule has 3 rings (SSSR count). The van der Waals surface area contributed by atoms with Gasteiger partial charge in [0.05, 0.1) is 25.0 Å². The van der Waals surface area contributed by atoms with Crippen molar-refractivity contribution in [2.24, 2.45) is 5.41 Å². The third kappa shape index (κ3) is 2.73. The van der Waals surface area contributed by atoms with E-state index in [1.807, 2.05) is 18.2 Å². The van der Waals surface area contributed by atoms with E-state index in [4.69, 9.17) is 9.15 Å². The largest absolute Gasteiger partial charge is 0.496 e. The summed E-state index contributed by atoms with van der Waals surface area (Å²) in [6.07, 6.45) is 3.49. The number of carbonyl (C=O) groups is 1. The Morgan fingerprint density at radius 1 is 1.32 bits per heavy atom. The van der Waals surface area contributed by atoms with Crippen LogP contribution in [-0.4, -0.2) is 13.0 Å². The van der Waals surface area contributed by atoms with Crippen molar-refractivity contribution >= 4 is 5.91 Å². The molecule has 0 unspecified atom stereocenters. The highest BCUT2D eigenvalue weighted by Crippen LogP contribution is 2.41. The van der Waals surface area contributed by atoms with Crippen molar-refractivity contribution < 1.29 is 13.9 Å². The zero-order valence-electron chi connectivity index (χ0n) is 13.2. The Morgan fingerprint density at radius 2 is 2.09 bits per heavy atom. The smallest absolute Gasteiger partial charge is 0.255 e. The zero-order chi connectivity index (χ0) is 15.7. The first-order valence-electron chi connectivity index (χ1n) is 7.50. The monoisotopic (exact) mass is 299 g/mol. The van der Waals surface area contributed by atoms with Gasteiger partial charge in [0, 0.05) is 12.0 Å². The SMILES string of the molecule is COc1ccccc1C(=O)N[C@H]1CC(C)(C)Cc2occc21. The van der Waals surface area contributed by atoms with E-state index in [1.54, 1.807) is 25.5 Å². The van der Waals surface area contributed by atoms with Gasteiger partial charge in [0.1, 0.15) is 11.5 Å². The maximum atomic E-state index is 12.6. The van der Waals surface area contributed by atoms with Gasteiger partial charge in [-0.2, -0.15) is 0 Å². The summed E-state index contributed by atoms with van der Waals surface area (Å²) < 4.78 is 10.8. The molecule has 22 heavy (non-hydrogen) atoms. The minimum atomic E-state index is -0.118. The lowest BCUT2D eigenvalue weighted by Gasteiger charge is -2.34. The van der Waals surface area contributed by atoms with Crippen molar-refractivity contribution in [2.75, 3.05) is 7.11 Å². The first-order valence-corrected chi connectivity index (χ1v) is 7.50. The number of ether oxygens (including phenoxy) is 1. The maximum absolute atomic E-state index is 12.6. The lowest BCUT2D eigenvalue weighted by Crippen LogP contribution is -2.36. The van der Waals surface area contributed by atoms with E-state index in [0.29, 0.717) is 11.3 Å². The molecular weight excluding hydrogens is 278 g/mol. The molecule has 0 fully saturated rings. The molecule has 1 N–H and O–H groups in total. The molecular formula is C18H21NO3. The Balaban J connectivity index is 1.86. The molecule has 0 bridgehead atoms. The molecule has 1 atom stereocenters. The summed E-state index contributed by atoms with van der Waals surface area (Å²) in [6.45, 7) is 4.39. The Labute approximate surface area is 130 Å². The van der Waals surface area contributed by atoms with E-state index < -0.39 is 0 Å². The minimum absolute atomic E-state index is 0.0325. The summed E-state index contributed by atoms with van der Waals surface area (Å²) in [5.41, 5.74) is 1.74. The van der Waals surface area contributed by atoms with Gasteiger partial charge in [-0.1, -0.05) is 26.0 Å². The Morgan fingerprint density at radius 3 is 2.86 bits per heavy atom. The summed E-state index contributed by atoms with van der Waals surface area (Å²) in [7, 11) is 1.57. The van der Waals surface area contributed by atoms with Crippen LogP contribution in [0.1, 0.15) is 48.0 Å². The number of hydrogen-bond donors (Lipinski definition) is 1. The van der Waals surface area contributed by atoms with Gasteiger partial charge >= 0.3 is 0 Å². The highest BCUT2D eigenvalue weighted by atomic mass is 16.5. The van der Waals surface area contributed by atoms with Crippen molar-refractivity contribution in [3.05, 3.63) is 53.5 Å². The highest BCUT2D eigenvalue weighted by Gasteiger charge is 2.35. The molecule has 0 aliphatic heterocycles. The average molecular weight is 299 g/mol. The first kappa shape index (κ1) is 14.7. The zero-order valence-corrected chi connectivity index (χ0v) is 13.2. The van der Waals surface area contributed by atoms with Crippen molar-refractivity contribution in [1.29, 1.82) is 0 Å². The van der Waals surface area contributed by atoms with E-state index in [0.717, 1.165) is 24.2 Å². The molecule has 116 valence electrons. The fourth-order valence-corrected chi connectivity index (χ4v) is 3.17. The topological polar surface area (TPSA) is 51.5 Å². The normalized spacial score (nSPS) is 19.3. The number of benzene rings is 1. The number of carbonyl (C=O) groups excluding carboxylic acids is 1. The van der Waals surface area contributed by atoms with Gasteiger partial charge in [0.15, 0.2) is 0 Å². The molecule has 0 spiro atoms. The third-order valence-corrected chi connectivity index (χ3v) is 4.21. The quantitative estimate of drug-likeness (QED) is 0.939. The molecule has 1 aliphatic carbocycles. The van der Waals surface area contributed by atoms with Crippen LogP contribution < -0.4 is 10.1 Å². The molecule has 2 aromatic rings. The van der Waals surface area contributed by atoms with Crippen LogP contribution in [0.2, 0.25) is 0 Å². The summed E-state index contributed by atoms with van der Waals surface area (Å²) in [6, 6.07) is 9.19. The van der Waals surface area contributed by atoms with E-state index in [2.05, 4.69) is 19.2 Å². The number of para-hydroxylation sites is 1. The van der Waals surface area contributed by atoms with E-state index in [9.17, 15) is 4.79 Å². The summed E-state index contributed by atoms with van der Waals surface area (Å²) in [5, 5.41) is 3.13. The first-order chi connectivity index (χ1) is 10.5. The molecule has 1 aromatic heterocycles. The van der Waals surface area contributed by atoms with Crippen LogP contribution in [0.5, 0.6) is 5.75 Å². The highest BCUT2D eigenvalue weighted by molar-refractivity contribution is 5.97. The number of fused-ring (bicyclic) bond motifs is 1. The van der Waals surface area contributed by atoms with Gasteiger partial charge in [-0.05, 0) is 30.0 Å². The lowest BCUT2D eigenvalue weighted by molar-refractivity contribution is 0.0914. The van der Waals surface area contributed by atoms with Crippen molar-refractivity contribution in [1.82, 2.24) is 5.32 Å². The van der Waals surface area contributed by atoms with Crippen LogP contribution in [0.3, 0.4) is 0 Å². The van der Waals surface area contributed by atoms with Crippen LogP contribution in [0.4, 0.5) is 0 Å². The summed E-state index contributed by atoms with van der Waals surface area (Å²) >= 11 is 0. The number of furan rings is 1. The van der Waals surface area contributed by atoms with Gasteiger partial charge in [-0.25, -0.2) is 0 Å². The molecule has 0 saturated heterocycles. The standard InChI is InChI=1S/C18H21NO3/c1-18(2)10-14(12-8-9-22-16(12)11-18)19-17(20)13-6-4-5-7-15(13)21-3/h4-9,14H,10-11H2,1-3H3,(H,19,20)/t14-/m0/s1. The van der Waals surface area contributed by atoms with Crippen LogP contribution >= 0.6 is 0 Å². The van der Waals surface area contributed by atoms with Crippen LogP contribution in [0.25, 0.3) is 0 Å². The molecule has 4 heteroatoms. The van der Waals surface area contributed by atoms with Crippen molar-refractivity contribution in [3.63, 3.8) is 0 Å². The van der Waals surface area contributed by atoms with Crippen LogP contribution in [0, 0.1) is 5.41 Å². The molecule has 0 radical (unpaired) electrons. The van der Waals surface area contributed by atoms with Crippen molar-refractivity contribution in [2.45, 2.75) is 32.7 Å². The number of hydrogen-bond acceptors (Lipinski definition) is 3. The summed E-state index contributed by atoms with van der Waals surface area (Å²) in [4.78, 5) is 12.6. The second-order valence-electron chi connectivity index (χ2n) is 6.57. The predicted molar refractivity (Wildman–Crippen MR) is 84.0 cm³/mol. The fourth-order valence-electron chi connectivity index (χ4n) is 3.17. The van der Waals surface area contributed by atoms with Gasteiger partial charge in [-0.3, -0.25) is 4.79 Å². The third-order valence-electron chi connectivity index (χ3n) is 4.21. The Hall–Kier alpha value is -2.23. The second kappa shape index (κ2) is 5.52. The predicted octanol–water partition coefficient (Wildman–Crippen LogP) is 3.73. The van der Waals surface area contributed by atoms with Crippen molar-refractivity contribution in [3.8, 4) is 5.75 Å². The van der Waals surface area contributed by atoms with E-state index in [-0.39, 0.29) is 17.4 Å². The van der Waals surface area contributed by atoms with Crippen LogP contribution in [0.15, 0.2) is 41.0 Å². The van der Waals surface area contributed by atoms with Crippen LogP contribution in [-0.2, 0) is 6.42 Å². The molecule has 1 aliphatic rings. The summed E-state index contributed by atoms with van der Waals surface area (Å²) in [5.74, 6) is 1.44. The molecule has 0 saturated carbocycles. The average Bonchev–Trinajstić information content (AvgIpc) is 2.94. The Bertz CT molecular complexity index is 687. The van der Waals surface area contributed by atoms with Gasteiger partial charge in [0.25, 0.3) is 5.91 Å². The number of nitrogens with one attached hydrogen (secondary N) is 1. The minimum Gasteiger partial charge on any atom is -0.496 e. The maximum Gasteiger partial charge on any atom is 0.255 e. The number of rotatable bonds is 3. The molecule has 1 aromatic carbocycles. The molecule has 1 heterocycles. The fraction of sp³-hybridized carbons (Fsp3) is 0.389. The van der Waals surface area contributed by atoms with E-state index >= 15 is 0 Å². The van der Waals surface area contributed by atoms with Gasteiger partial charge in [0.2, 0.25) is 0 Å². The lowest BCUT2D eigenvalue weighted by atomic mass is 9.74. The second-order valence-corrected chi connectivity index (χ2v) is 6.57.